The van der Waals surface area contributed by atoms with Gasteiger partial charge in [0, 0.05) is 6.61 Å². The van der Waals surface area contributed by atoms with Crippen LogP contribution in [0.25, 0.3) is 0 Å². The number of aliphatic hydroxyl groups excluding tert-OH is 1. The van der Waals surface area contributed by atoms with E-state index in [2.05, 4.69) is 0 Å². The van der Waals surface area contributed by atoms with Gasteiger partial charge >= 0.3 is 13.6 Å². The highest BCUT2D eigenvalue weighted by Crippen LogP contribution is 2.57. The highest BCUT2D eigenvalue weighted by molar-refractivity contribution is 7.54. The summed E-state index contributed by atoms with van der Waals surface area (Å²) in [7, 11) is -3.55. The number of carbonyl (C=O) groups is 1. The normalized spacial score (nSPS) is 14.2. The molecular weight excluding hydrogens is 259 g/mol. The van der Waals surface area contributed by atoms with Crippen LogP contribution in [0.5, 0.6) is 0 Å². The van der Waals surface area contributed by atoms with Crippen LogP contribution in [0.2, 0.25) is 0 Å². The first kappa shape index (κ1) is 17.6. The second-order valence-corrected chi connectivity index (χ2v) is 6.84. The Morgan fingerprint density at radius 2 is 1.61 bits per heavy atom. The molecule has 0 spiro atoms. The molecule has 0 aromatic carbocycles. The summed E-state index contributed by atoms with van der Waals surface area (Å²) in [6, 6.07) is 0. The van der Waals surface area contributed by atoms with Crippen molar-refractivity contribution in [2.24, 2.45) is 0 Å². The largest absolute Gasteiger partial charge is 0.481 e. The van der Waals surface area contributed by atoms with Gasteiger partial charge in [-0.3, -0.25) is 9.36 Å². The molecule has 0 amide bonds. The van der Waals surface area contributed by atoms with E-state index in [0.29, 0.717) is 0 Å². The molecule has 0 fully saturated rings. The number of hydrogen-bond acceptors (Lipinski definition) is 5. The fourth-order valence-corrected chi connectivity index (χ4v) is 3.89. The number of aliphatic carboxylic acids is 1. The zero-order valence-corrected chi connectivity index (χ0v) is 12.2. The predicted octanol–water partition coefficient (Wildman–Crippen LogP) is 2.26. The Kier molecular flexibility index (Phi) is 7.71. The SMILES string of the molecule is CC(C)OP(=O)(OC(C)C)C(CCO)CC(=O)O. The summed E-state index contributed by atoms with van der Waals surface area (Å²) in [5.74, 6) is -1.09. The lowest BCUT2D eigenvalue weighted by Gasteiger charge is -2.28. The van der Waals surface area contributed by atoms with Crippen molar-refractivity contribution in [3.8, 4) is 0 Å². The first-order chi connectivity index (χ1) is 8.21. The molecule has 1 atom stereocenters. The molecule has 0 aromatic heterocycles. The van der Waals surface area contributed by atoms with Gasteiger partial charge in [0.15, 0.2) is 0 Å². The molecule has 0 aliphatic heterocycles. The van der Waals surface area contributed by atoms with E-state index in [1.165, 1.54) is 0 Å². The van der Waals surface area contributed by atoms with E-state index in [1.807, 2.05) is 0 Å². The van der Waals surface area contributed by atoms with E-state index in [-0.39, 0.29) is 31.7 Å². The van der Waals surface area contributed by atoms with Crippen LogP contribution in [0.3, 0.4) is 0 Å². The van der Waals surface area contributed by atoms with E-state index < -0.39 is 19.2 Å². The third-order valence-electron chi connectivity index (χ3n) is 2.04. The minimum atomic E-state index is -3.55. The molecule has 6 nitrogen and oxygen atoms in total. The Hall–Kier alpha value is -0.420. The summed E-state index contributed by atoms with van der Waals surface area (Å²) in [5, 5.41) is 17.8. The van der Waals surface area contributed by atoms with Gasteiger partial charge in [-0.05, 0) is 34.1 Å². The van der Waals surface area contributed by atoms with Crippen LogP contribution in [-0.2, 0) is 18.4 Å². The zero-order chi connectivity index (χ0) is 14.3. The monoisotopic (exact) mass is 282 g/mol. The minimum Gasteiger partial charge on any atom is -0.481 e. The van der Waals surface area contributed by atoms with E-state index in [4.69, 9.17) is 19.3 Å². The second kappa shape index (κ2) is 7.89. The first-order valence-corrected chi connectivity index (χ1v) is 7.61. The van der Waals surface area contributed by atoms with Crippen LogP contribution in [-0.4, -0.2) is 40.7 Å². The van der Waals surface area contributed by atoms with Gasteiger partial charge in [-0.15, -0.1) is 0 Å². The third-order valence-corrected chi connectivity index (χ3v) is 4.80. The van der Waals surface area contributed by atoms with Crippen molar-refractivity contribution in [1.82, 2.24) is 0 Å². The molecule has 2 N–H and O–H groups in total. The standard InChI is InChI=1S/C11H23O6P/c1-8(2)16-18(15,17-9(3)4)10(5-6-12)7-11(13)14/h8-10,12H,5-7H2,1-4H3,(H,13,14). The molecule has 0 bridgehead atoms. The Morgan fingerprint density at radius 1 is 1.17 bits per heavy atom. The van der Waals surface area contributed by atoms with Crippen LogP contribution in [0.1, 0.15) is 40.5 Å². The number of carboxylic acid groups (broad SMARTS) is 1. The van der Waals surface area contributed by atoms with Crippen molar-refractivity contribution in [3.63, 3.8) is 0 Å². The summed E-state index contributed by atoms with van der Waals surface area (Å²) >= 11 is 0. The van der Waals surface area contributed by atoms with Gasteiger partial charge in [-0.1, -0.05) is 0 Å². The molecule has 0 aliphatic carbocycles. The van der Waals surface area contributed by atoms with Gasteiger partial charge in [0.05, 0.1) is 24.3 Å². The van der Waals surface area contributed by atoms with Crippen LogP contribution >= 0.6 is 7.60 Å². The molecular formula is C11H23O6P. The predicted molar refractivity (Wildman–Crippen MR) is 67.8 cm³/mol. The molecule has 0 heterocycles. The smallest absolute Gasteiger partial charge is 0.334 e. The van der Waals surface area contributed by atoms with Crippen molar-refractivity contribution in [2.45, 2.75) is 58.4 Å². The topological polar surface area (TPSA) is 93.1 Å². The van der Waals surface area contributed by atoms with Crippen molar-refractivity contribution in [3.05, 3.63) is 0 Å². The van der Waals surface area contributed by atoms with Crippen molar-refractivity contribution >= 4 is 13.6 Å². The second-order valence-electron chi connectivity index (χ2n) is 4.61. The molecule has 0 radical (unpaired) electrons. The van der Waals surface area contributed by atoms with Crippen molar-refractivity contribution in [2.75, 3.05) is 6.61 Å². The molecule has 0 aliphatic rings. The summed E-state index contributed by atoms with van der Waals surface area (Å²) in [6.45, 7) is 6.55. The Labute approximate surface area is 108 Å². The average molecular weight is 282 g/mol. The van der Waals surface area contributed by atoms with Gasteiger partial charge in [0.25, 0.3) is 0 Å². The van der Waals surface area contributed by atoms with Gasteiger partial charge in [-0.2, -0.15) is 0 Å². The van der Waals surface area contributed by atoms with E-state index in [9.17, 15) is 9.36 Å². The van der Waals surface area contributed by atoms with Gasteiger partial charge in [0.2, 0.25) is 0 Å². The maximum Gasteiger partial charge on any atom is 0.334 e. The molecule has 0 saturated carbocycles. The maximum atomic E-state index is 12.6. The first-order valence-electron chi connectivity index (χ1n) is 6.00. The van der Waals surface area contributed by atoms with E-state index in [1.54, 1.807) is 27.7 Å². The molecule has 108 valence electrons. The highest BCUT2D eigenvalue weighted by atomic mass is 31.2. The van der Waals surface area contributed by atoms with E-state index >= 15 is 0 Å². The lowest BCUT2D eigenvalue weighted by atomic mass is 10.2. The fraction of sp³-hybridized carbons (Fsp3) is 0.909. The maximum absolute atomic E-state index is 12.6. The molecule has 0 aromatic rings. The molecule has 18 heavy (non-hydrogen) atoms. The average Bonchev–Trinajstić information content (AvgIpc) is 2.13. The van der Waals surface area contributed by atoms with Crippen LogP contribution in [0.15, 0.2) is 0 Å². The summed E-state index contributed by atoms with van der Waals surface area (Å²) in [6.07, 6.45) is -0.963. The quantitative estimate of drug-likeness (QED) is 0.630. The molecule has 1 unspecified atom stereocenters. The van der Waals surface area contributed by atoms with Crippen LogP contribution in [0, 0.1) is 0 Å². The third kappa shape index (κ3) is 6.50. The van der Waals surface area contributed by atoms with Crippen LogP contribution in [0.4, 0.5) is 0 Å². The summed E-state index contributed by atoms with van der Waals surface area (Å²) in [5.41, 5.74) is -0.829. The van der Waals surface area contributed by atoms with E-state index in [0.717, 1.165) is 0 Å². The summed E-state index contributed by atoms with van der Waals surface area (Å²) < 4.78 is 23.3. The molecule has 7 heteroatoms. The lowest BCUT2D eigenvalue weighted by molar-refractivity contribution is -0.137. The Bertz CT molecular complexity index is 288. The number of hydrogen-bond donors (Lipinski definition) is 2. The Morgan fingerprint density at radius 3 is 1.89 bits per heavy atom. The zero-order valence-electron chi connectivity index (χ0n) is 11.3. The lowest BCUT2D eigenvalue weighted by Crippen LogP contribution is -2.22. The number of rotatable bonds is 9. The van der Waals surface area contributed by atoms with Crippen molar-refractivity contribution < 1.29 is 28.6 Å². The van der Waals surface area contributed by atoms with Gasteiger partial charge < -0.3 is 19.3 Å². The Balaban J connectivity index is 5.07. The molecule has 0 rings (SSSR count). The minimum absolute atomic E-state index is 0.0724. The van der Waals surface area contributed by atoms with Gasteiger partial charge in [0.1, 0.15) is 0 Å². The van der Waals surface area contributed by atoms with Gasteiger partial charge in [-0.25, -0.2) is 0 Å². The van der Waals surface area contributed by atoms with Crippen molar-refractivity contribution in [1.29, 1.82) is 0 Å². The van der Waals surface area contributed by atoms with Crippen LogP contribution < -0.4 is 0 Å². The molecule has 0 saturated heterocycles. The summed E-state index contributed by atoms with van der Waals surface area (Å²) in [4.78, 5) is 10.8. The fourth-order valence-electron chi connectivity index (χ4n) is 1.51. The highest BCUT2D eigenvalue weighted by Gasteiger charge is 2.38. The number of carboxylic acids is 1. The number of aliphatic hydroxyl groups is 1.